The van der Waals surface area contributed by atoms with Crippen molar-refractivity contribution >= 4 is 0 Å². The van der Waals surface area contributed by atoms with E-state index in [0.717, 1.165) is 24.0 Å². The lowest BCUT2D eigenvalue weighted by Gasteiger charge is -2.35. The number of ether oxygens (including phenoxy) is 2. The summed E-state index contributed by atoms with van der Waals surface area (Å²) >= 11 is 0. The predicted molar refractivity (Wildman–Crippen MR) is 73.2 cm³/mol. The van der Waals surface area contributed by atoms with Crippen molar-refractivity contribution < 1.29 is 14.6 Å². The van der Waals surface area contributed by atoms with Crippen molar-refractivity contribution in [3.8, 4) is 0 Å². The highest BCUT2D eigenvalue weighted by atomic mass is 16.7. The molecule has 1 aliphatic carbocycles. The summed E-state index contributed by atoms with van der Waals surface area (Å²) in [6.45, 7) is 11.5. The first-order chi connectivity index (χ1) is 8.63. The summed E-state index contributed by atoms with van der Waals surface area (Å²) < 4.78 is 11.4. The van der Waals surface area contributed by atoms with Gasteiger partial charge in [-0.15, -0.1) is 0 Å². The van der Waals surface area contributed by atoms with Crippen LogP contribution in [0.25, 0.3) is 0 Å². The lowest BCUT2D eigenvalue weighted by atomic mass is 9.77. The third kappa shape index (κ3) is 3.94. The second kappa shape index (κ2) is 7.72. The summed E-state index contributed by atoms with van der Waals surface area (Å²) in [4.78, 5) is 0. The van der Waals surface area contributed by atoms with Gasteiger partial charge in [0.15, 0.2) is 6.29 Å². The van der Waals surface area contributed by atoms with Gasteiger partial charge in [0.25, 0.3) is 0 Å². The predicted octanol–water partition coefficient (Wildman–Crippen LogP) is 2.91. The zero-order valence-electron chi connectivity index (χ0n) is 11.8. The SMILES string of the molecule is C=C(C)C1CCC(CO)=CC1C(OCC)OCC. The molecule has 0 amide bonds. The monoisotopic (exact) mass is 254 g/mol. The third-order valence-corrected chi connectivity index (χ3v) is 3.48. The van der Waals surface area contributed by atoms with Gasteiger partial charge in [-0.1, -0.05) is 18.2 Å². The Bertz CT molecular complexity index is 290. The van der Waals surface area contributed by atoms with E-state index in [1.807, 2.05) is 13.8 Å². The van der Waals surface area contributed by atoms with Crippen molar-refractivity contribution in [1.82, 2.24) is 0 Å². The topological polar surface area (TPSA) is 38.7 Å². The molecule has 0 bridgehead atoms. The molecular weight excluding hydrogens is 228 g/mol. The molecule has 0 aromatic heterocycles. The largest absolute Gasteiger partial charge is 0.392 e. The van der Waals surface area contributed by atoms with Gasteiger partial charge in [0.05, 0.1) is 6.61 Å². The van der Waals surface area contributed by atoms with Gasteiger partial charge in [-0.3, -0.25) is 0 Å². The number of rotatable bonds is 7. The number of aliphatic hydroxyl groups is 1. The van der Waals surface area contributed by atoms with E-state index in [0.29, 0.717) is 19.1 Å². The van der Waals surface area contributed by atoms with Crippen molar-refractivity contribution in [2.75, 3.05) is 19.8 Å². The van der Waals surface area contributed by atoms with Crippen molar-refractivity contribution in [2.45, 2.75) is 39.9 Å². The van der Waals surface area contributed by atoms with E-state index in [2.05, 4.69) is 19.6 Å². The van der Waals surface area contributed by atoms with Gasteiger partial charge in [0.1, 0.15) is 0 Å². The lowest BCUT2D eigenvalue weighted by Crippen LogP contribution is -2.34. The zero-order valence-corrected chi connectivity index (χ0v) is 11.8. The van der Waals surface area contributed by atoms with Gasteiger partial charge in [-0.25, -0.2) is 0 Å². The molecule has 18 heavy (non-hydrogen) atoms. The molecule has 0 aromatic carbocycles. The molecule has 0 spiro atoms. The van der Waals surface area contributed by atoms with Crippen LogP contribution in [0.15, 0.2) is 23.8 Å². The van der Waals surface area contributed by atoms with E-state index in [4.69, 9.17) is 9.47 Å². The van der Waals surface area contributed by atoms with Crippen LogP contribution in [-0.4, -0.2) is 31.2 Å². The Morgan fingerprint density at radius 3 is 2.50 bits per heavy atom. The molecule has 2 atom stereocenters. The summed E-state index contributed by atoms with van der Waals surface area (Å²) in [5.41, 5.74) is 2.25. The van der Waals surface area contributed by atoms with E-state index >= 15 is 0 Å². The van der Waals surface area contributed by atoms with Crippen molar-refractivity contribution in [2.24, 2.45) is 11.8 Å². The lowest BCUT2D eigenvalue weighted by molar-refractivity contribution is -0.166. The van der Waals surface area contributed by atoms with Crippen LogP contribution in [0.1, 0.15) is 33.6 Å². The van der Waals surface area contributed by atoms with Crippen LogP contribution in [0.2, 0.25) is 0 Å². The highest BCUT2D eigenvalue weighted by Gasteiger charge is 2.32. The Labute approximate surface area is 110 Å². The molecule has 0 saturated carbocycles. The summed E-state index contributed by atoms with van der Waals surface area (Å²) in [5.74, 6) is 0.543. The van der Waals surface area contributed by atoms with Crippen LogP contribution in [0.3, 0.4) is 0 Å². The van der Waals surface area contributed by atoms with Crippen LogP contribution >= 0.6 is 0 Å². The quantitative estimate of drug-likeness (QED) is 0.561. The maximum atomic E-state index is 9.30. The average Bonchev–Trinajstić information content (AvgIpc) is 2.37. The van der Waals surface area contributed by atoms with Gasteiger partial charge >= 0.3 is 0 Å². The maximum Gasteiger partial charge on any atom is 0.164 e. The van der Waals surface area contributed by atoms with Crippen LogP contribution < -0.4 is 0 Å². The fourth-order valence-corrected chi connectivity index (χ4v) is 2.58. The molecule has 0 aromatic rings. The second-order valence-electron chi connectivity index (χ2n) is 4.83. The average molecular weight is 254 g/mol. The molecule has 1 rings (SSSR count). The van der Waals surface area contributed by atoms with Crippen LogP contribution in [0.4, 0.5) is 0 Å². The molecular formula is C15H26O3. The molecule has 1 N–H and O–H groups in total. The maximum absolute atomic E-state index is 9.30. The Morgan fingerprint density at radius 2 is 2.06 bits per heavy atom. The van der Waals surface area contributed by atoms with Crippen LogP contribution in [0, 0.1) is 11.8 Å². The smallest absolute Gasteiger partial charge is 0.164 e. The molecule has 0 saturated heterocycles. The summed E-state index contributed by atoms with van der Waals surface area (Å²) in [6, 6.07) is 0. The Hall–Kier alpha value is -0.640. The molecule has 0 aliphatic heterocycles. The van der Waals surface area contributed by atoms with E-state index < -0.39 is 0 Å². The minimum Gasteiger partial charge on any atom is -0.392 e. The fourth-order valence-electron chi connectivity index (χ4n) is 2.58. The Balaban J connectivity index is 2.89. The molecule has 2 unspecified atom stereocenters. The van der Waals surface area contributed by atoms with E-state index in [1.54, 1.807) is 0 Å². The molecule has 104 valence electrons. The van der Waals surface area contributed by atoms with Crippen LogP contribution in [0.5, 0.6) is 0 Å². The molecule has 0 fully saturated rings. The number of allylic oxidation sites excluding steroid dienone is 1. The second-order valence-corrected chi connectivity index (χ2v) is 4.83. The normalized spacial score (nSPS) is 24.2. The summed E-state index contributed by atoms with van der Waals surface area (Å²) in [7, 11) is 0. The van der Waals surface area contributed by atoms with Gasteiger partial charge in [0, 0.05) is 19.1 Å². The summed E-state index contributed by atoms with van der Waals surface area (Å²) in [6.07, 6.45) is 3.85. The molecule has 0 radical (unpaired) electrons. The zero-order chi connectivity index (χ0) is 13.5. The fraction of sp³-hybridized carbons (Fsp3) is 0.733. The van der Waals surface area contributed by atoms with Gasteiger partial charge in [-0.2, -0.15) is 0 Å². The first-order valence-electron chi connectivity index (χ1n) is 6.83. The Kier molecular flexibility index (Phi) is 6.61. The van der Waals surface area contributed by atoms with Crippen molar-refractivity contribution in [3.05, 3.63) is 23.8 Å². The van der Waals surface area contributed by atoms with Crippen LogP contribution in [-0.2, 0) is 9.47 Å². The highest BCUT2D eigenvalue weighted by Crippen LogP contribution is 2.36. The third-order valence-electron chi connectivity index (χ3n) is 3.48. The van der Waals surface area contributed by atoms with E-state index in [1.165, 1.54) is 0 Å². The molecule has 3 heteroatoms. The number of aliphatic hydroxyl groups excluding tert-OH is 1. The van der Waals surface area contributed by atoms with Crippen molar-refractivity contribution in [3.63, 3.8) is 0 Å². The molecule has 3 nitrogen and oxygen atoms in total. The number of hydrogen-bond donors (Lipinski definition) is 1. The van der Waals surface area contributed by atoms with E-state index in [9.17, 15) is 5.11 Å². The van der Waals surface area contributed by atoms with E-state index in [-0.39, 0.29) is 18.8 Å². The highest BCUT2D eigenvalue weighted by molar-refractivity contribution is 5.16. The Morgan fingerprint density at radius 1 is 1.44 bits per heavy atom. The summed E-state index contributed by atoms with van der Waals surface area (Å²) in [5, 5.41) is 9.30. The first-order valence-corrected chi connectivity index (χ1v) is 6.83. The van der Waals surface area contributed by atoms with Crippen molar-refractivity contribution in [1.29, 1.82) is 0 Å². The van der Waals surface area contributed by atoms with Gasteiger partial charge in [-0.05, 0) is 45.1 Å². The first kappa shape index (κ1) is 15.4. The standard InChI is InChI=1S/C15H26O3/c1-5-17-15(18-6-2)14-9-12(10-16)7-8-13(14)11(3)4/h9,13-16H,3,5-8,10H2,1-2,4H3. The minimum absolute atomic E-state index is 0.129. The van der Waals surface area contributed by atoms with Gasteiger partial charge < -0.3 is 14.6 Å². The van der Waals surface area contributed by atoms with Gasteiger partial charge in [0.2, 0.25) is 0 Å². The molecule has 0 heterocycles. The number of hydrogen-bond acceptors (Lipinski definition) is 3. The molecule has 1 aliphatic rings. The minimum atomic E-state index is -0.233.